The summed E-state index contributed by atoms with van der Waals surface area (Å²) in [5.74, 6) is -0.623. The average Bonchev–Trinajstić information content (AvgIpc) is 3.31. The summed E-state index contributed by atoms with van der Waals surface area (Å²) in [5, 5.41) is 5.86. The SMILES string of the molecule is Cc1cc(NC=C2C(=O)Nc3cc(F)ccc32)ccc1N(C)CCC1OCCO1. The quantitative estimate of drug-likeness (QED) is 0.727. The van der Waals surface area contributed by atoms with Crippen LogP contribution in [0.3, 0.4) is 0 Å². The van der Waals surface area contributed by atoms with Crippen LogP contribution in [0.15, 0.2) is 42.6 Å². The van der Waals surface area contributed by atoms with Crippen molar-refractivity contribution in [2.75, 3.05) is 42.3 Å². The maximum absolute atomic E-state index is 13.4. The van der Waals surface area contributed by atoms with Crippen molar-refractivity contribution in [2.45, 2.75) is 19.6 Å². The molecule has 6 nitrogen and oxygen atoms in total. The third kappa shape index (κ3) is 4.26. The number of ether oxygens (including phenoxy) is 2. The van der Waals surface area contributed by atoms with Gasteiger partial charge in [-0.1, -0.05) is 0 Å². The number of hydrogen-bond acceptors (Lipinski definition) is 5. The minimum atomic E-state index is -0.375. The molecule has 0 spiro atoms. The number of aryl methyl sites for hydroxylation is 1. The van der Waals surface area contributed by atoms with E-state index in [1.54, 1.807) is 12.3 Å². The fourth-order valence-corrected chi connectivity index (χ4v) is 3.63. The van der Waals surface area contributed by atoms with Gasteiger partial charge in [0, 0.05) is 43.2 Å². The van der Waals surface area contributed by atoms with Crippen LogP contribution in [0.25, 0.3) is 5.57 Å². The first-order chi connectivity index (χ1) is 14.0. The summed E-state index contributed by atoms with van der Waals surface area (Å²) in [6.45, 7) is 4.21. The maximum atomic E-state index is 13.4. The van der Waals surface area contributed by atoms with E-state index in [0.29, 0.717) is 30.0 Å². The summed E-state index contributed by atoms with van der Waals surface area (Å²) < 4.78 is 24.3. The van der Waals surface area contributed by atoms with Crippen LogP contribution in [0.5, 0.6) is 0 Å². The molecule has 2 aliphatic heterocycles. The Morgan fingerprint density at radius 1 is 1.24 bits per heavy atom. The Morgan fingerprint density at radius 2 is 2.03 bits per heavy atom. The number of amides is 1. The van der Waals surface area contributed by atoms with Crippen molar-refractivity contribution in [2.24, 2.45) is 0 Å². The van der Waals surface area contributed by atoms with Crippen molar-refractivity contribution >= 4 is 28.5 Å². The average molecular weight is 397 g/mol. The first-order valence-electron chi connectivity index (χ1n) is 9.64. The lowest BCUT2D eigenvalue weighted by Crippen LogP contribution is -2.24. The lowest BCUT2D eigenvalue weighted by Gasteiger charge is -2.23. The fourth-order valence-electron chi connectivity index (χ4n) is 3.63. The third-order valence-electron chi connectivity index (χ3n) is 5.15. The van der Waals surface area contributed by atoms with E-state index in [1.807, 2.05) is 32.2 Å². The van der Waals surface area contributed by atoms with Crippen molar-refractivity contribution in [1.82, 2.24) is 0 Å². The van der Waals surface area contributed by atoms with Gasteiger partial charge in [-0.05, 0) is 48.9 Å². The zero-order valence-electron chi connectivity index (χ0n) is 16.5. The number of nitrogens with zero attached hydrogens (tertiary/aromatic N) is 1. The topological polar surface area (TPSA) is 62.8 Å². The van der Waals surface area contributed by atoms with E-state index >= 15 is 0 Å². The number of carbonyl (C=O) groups is 1. The Bertz CT molecular complexity index is 954. The molecule has 152 valence electrons. The van der Waals surface area contributed by atoms with Gasteiger partial charge in [-0.2, -0.15) is 0 Å². The molecular formula is C22H24FN3O3. The van der Waals surface area contributed by atoms with Crippen molar-refractivity contribution < 1.29 is 18.7 Å². The Labute approximate surface area is 169 Å². The highest BCUT2D eigenvalue weighted by Gasteiger charge is 2.24. The summed E-state index contributed by atoms with van der Waals surface area (Å²) in [5.41, 5.74) is 4.77. The summed E-state index contributed by atoms with van der Waals surface area (Å²) in [6, 6.07) is 10.3. The number of rotatable bonds is 6. The van der Waals surface area contributed by atoms with Gasteiger partial charge in [0.25, 0.3) is 5.91 Å². The van der Waals surface area contributed by atoms with Crippen LogP contribution in [-0.2, 0) is 14.3 Å². The Balaban J connectivity index is 1.43. The van der Waals surface area contributed by atoms with Crippen LogP contribution in [0.4, 0.5) is 21.5 Å². The number of benzene rings is 2. The van der Waals surface area contributed by atoms with Crippen LogP contribution in [0.1, 0.15) is 17.5 Å². The molecule has 4 rings (SSSR count). The van der Waals surface area contributed by atoms with E-state index in [-0.39, 0.29) is 18.0 Å². The second-order valence-corrected chi connectivity index (χ2v) is 7.23. The normalized spacial score (nSPS) is 17.5. The van der Waals surface area contributed by atoms with Gasteiger partial charge in [-0.3, -0.25) is 4.79 Å². The molecule has 0 aromatic heterocycles. The number of anilines is 3. The molecule has 2 aliphatic rings. The molecule has 2 aromatic carbocycles. The van der Waals surface area contributed by atoms with E-state index in [0.717, 1.165) is 29.9 Å². The van der Waals surface area contributed by atoms with Crippen molar-refractivity contribution in [3.05, 3.63) is 59.5 Å². The lowest BCUT2D eigenvalue weighted by molar-refractivity contribution is -0.110. The van der Waals surface area contributed by atoms with Crippen LogP contribution in [-0.4, -0.2) is 39.0 Å². The minimum absolute atomic E-state index is 0.112. The van der Waals surface area contributed by atoms with Crippen molar-refractivity contribution in [1.29, 1.82) is 0 Å². The smallest absolute Gasteiger partial charge is 0.257 e. The summed E-state index contributed by atoms with van der Waals surface area (Å²) in [6.07, 6.45) is 2.36. The summed E-state index contributed by atoms with van der Waals surface area (Å²) in [4.78, 5) is 14.4. The largest absolute Gasteiger partial charge is 0.374 e. The second kappa shape index (κ2) is 8.23. The summed E-state index contributed by atoms with van der Waals surface area (Å²) >= 11 is 0. The minimum Gasteiger partial charge on any atom is -0.374 e. The number of hydrogen-bond donors (Lipinski definition) is 2. The third-order valence-corrected chi connectivity index (χ3v) is 5.15. The highest BCUT2D eigenvalue weighted by Crippen LogP contribution is 2.32. The number of nitrogens with one attached hydrogen (secondary N) is 2. The predicted octanol–water partition coefficient (Wildman–Crippen LogP) is 3.74. The molecule has 29 heavy (non-hydrogen) atoms. The van der Waals surface area contributed by atoms with E-state index in [4.69, 9.17) is 9.47 Å². The van der Waals surface area contributed by atoms with Gasteiger partial charge in [-0.25, -0.2) is 4.39 Å². The molecule has 1 fully saturated rings. The molecule has 7 heteroatoms. The first kappa shape index (κ1) is 19.4. The molecule has 2 aromatic rings. The molecule has 0 radical (unpaired) electrons. The number of fused-ring (bicyclic) bond motifs is 1. The van der Waals surface area contributed by atoms with Crippen LogP contribution >= 0.6 is 0 Å². The summed E-state index contributed by atoms with van der Waals surface area (Å²) in [7, 11) is 2.05. The zero-order chi connectivity index (χ0) is 20.4. The van der Waals surface area contributed by atoms with Crippen LogP contribution < -0.4 is 15.5 Å². The highest BCUT2D eigenvalue weighted by molar-refractivity contribution is 6.31. The molecule has 0 bridgehead atoms. The highest BCUT2D eigenvalue weighted by atomic mass is 19.1. The molecule has 1 amide bonds. The zero-order valence-corrected chi connectivity index (χ0v) is 16.5. The van der Waals surface area contributed by atoms with Crippen LogP contribution in [0.2, 0.25) is 0 Å². The number of halogens is 1. The molecule has 1 saturated heterocycles. The van der Waals surface area contributed by atoms with Gasteiger partial charge >= 0.3 is 0 Å². The van der Waals surface area contributed by atoms with Gasteiger partial charge in [0.1, 0.15) is 5.82 Å². The van der Waals surface area contributed by atoms with Crippen molar-refractivity contribution in [3.8, 4) is 0 Å². The van der Waals surface area contributed by atoms with Gasteiger partial charge in [0.2, 0.25) is 0 Å². The number of carbonyl (C=O) groups excluding carboxylic acids is 1. The molecule has 0 aliphatic carbocycles. The van der Waals surface area contributed by atoms with E-state index in [1.165, 1.54) is 12.1 Å². The van der Waals surface area contributed by atoms with Crippen LogP contribution in [0, 0.1) is 12.7 Å². The van der Waals surface area contributed by atoms with Gasteiger partial charge in [-0.15, -0.1) is 0 Å². The monoisotopic (exact) mass is 397 g/mol. The maximum Gasteiger partial charge on any atom is 0.257 e. The molecule has 2 heterocycles. The first-order valence-corrected chi connectivity index (χ1v) is 9.64. The molecule has 0 atom stereocenters. The van der Waals surface area contributed by atoms with E-state index in [9.17, 15) is 9.18 Å². The van der Waals surface area contributed by atoms with Gasteiger partial charge in [0.15, 0.2) is 6.29 Å². The second-order valence-electron chi connectivity index (χ2n) is 7.23. The molecule has 2 N–H and O–H groups in total. The van der Waals surface area contributed by atoms with E-state index in [2.05, 4.69) is 15.5 Å². The van der Waals surface area contributed by atoms with Gasteiger partial charge in [0.05, 0.1) is 24.5 Å². The predicted molar refractivity (Wildman–Crippen MR) is 111 cm³/mol. The Hall–Kier alpha value is -2.90. The lowest BCUT2D eigenvalue weighted by atomic mass is 10.1. The fraction of sp³-hybridized carbons (Fsp3) is 0.318. The molecule has 0 saturated carbocycles. The molecule has 0 unspecified atom stereocenters. The Morgan fingerprint density at radius 3 is 2.79 bits per heavy atom. The van der Waals surface area contributed by atoms with E-state index < -0.39 is 0 Å². The van der Waals surface area contributed by atoms with Crippen molar-refractivity contribution in [3.63, 3.8) is 0 Å². The standard InChI is InChI=1S/C22H24FN3O3/c1-14-11-16(4-6-20(14)26(2)8-7-21-28-9-10-29-21)24-13-18-17-5-3-15(23)12-19(17)25-22(18)27/h3-6,11-13,21,24H,7-10H2,1-2H3,(H,25,27). The Kier molecular flexibility index (Phi) is 5.51. The molecular weight excluding hydrogens is 373 g/mol. The van der Waals surface area contributed by atoms with Gasteiger partial charge < -0.3 is 25.0 Å².